The van der Waals surface area contributed by atoms with E-state index in [1.165, 1.54) is 34.3 Å². The Morgan fingerprint density at radius 3 is 1.31 bits per heavy atom. The smallest absolute Gasteiger partial charge is 0.696 e. The number of benzene rings is 1. The zero-order valence-corrected chi connectivity index (χ0v) is 34.1. The van der Waals surface area contributed by atoms with Crippen molar-refractivity contribution in [2.24, 2.45) is 0 Å². The molecule has 0 bridgehead atoms. The third-order valence-electron chi connectivity index (χ3n) is 7.11. The Labute approximate surface area is 340 Å². The molecular weight excluding hydrogens is 812 g/mol. The average molecular weight is 851 g/mol. The summed E-state index contributed by atoms with van der Waals surface area (Å²) >= 11 is 7.40. The van der Waals surface area contributed by atoms with Crippen molar-refractivity contribution < 1.29 is 43.3 Å². The number of nitriles is 2. The molecule has 5 aromatic rings. The number of carbonyl (C=O) groups is 2. The molecule has 15 heteroatoms. The van der Waals surface area contributed by atoms with Gasteiger partial charge in [0.15, 0.2) is 0 Å². The number of anilines is 3. The van der Waals surface area contributed by atoms with E-state index >= 15 is 0 Å². The molecule has 0 N–H and O–H groups in total. The molecule has 280 valence electrons. The molecule has 0 saturated carbocycles. The maximum Gasteiger partial charge on any atom is 2.00 e. The Morgan fingerprint density at radius 1 is 0.611 bits per heavy atom. The number of ether oxygens (including phenoxy) is 3. The first-order valence-electron chi connectivity index (χ1n) is 15.8. The molecule has 0 fully saturated rings. The van der Waals surface area contributed by atoms with Gasteiger partial charge in [0.2, 0.25) is 0 Å². The molecule has 0 radical (unpaired) electrons. The summed E-state index contributed by atoms with van der Waals surface area (Å²) in [6.45, 7) is 13.9. The summed E-state index contributed by atoms with van der Waals surface area (Å²) in [5, 5.41) is 16.9. The summed E-state index contributed by atoms with van der Waals surface area (Å²) in [5.41, 5.74) is 4.52. The van der Waals surface area contributed by atoms with Crippen molar-refractivity contribution in [2.75, 3.05) is 12.0 Å². The molecule has 12 nitrogen and oxygen atoms in total. The quantitative estimate of drug-likeness (QED) is 0.0611. The minimum atomic E-state index is 0. The number of methoxy groups -OCH3 is 1. The Balaban J connectivity index is 0.000000498. The van der Waals surface area contributed by atoms with Crippen LogP contribution in [0.5, 0.6) is 17.2 Å². The molecule has 0 spiro atoms. The molecule has 0 unspecified atom stereocenters. The normalized spacial score (nSPS) is 9.87. The van der Waals surface area contributed by atoms with Crippen molar-refractivity contribution in [3.63, 3.8) is 0 Å². The molecule has 54 heavy (non-hydrogen) atoms. The number of pyridine rings is 4. The van der Waals surface area contributed by atoms with Gasteiger partial charge >= 0.3 is 19.5 Å². The minimum absolute atomic E-state index is 0. The van der Waals surface area contributed by atoms with Gasteiger partial charge in [-0.25, -0.2) is 20.5 Å². The summed E-state index contributed by atoms with van der Waals surface area (Å²) in [6, 6.07) is 22.7. The van der Waals surface area contributed by atoms with Crippen molar-refractivity contribution in [3.8, 4) is 39.4 Å². The standard InChI is InChI=1S/C25H31N3O.C12H8N2O4.2CHNS.Ru/c1-24(2,3)18-12-14-26-22(16-18)28(20-8-10-21(29-7)11-9-20)23-17-19(13-15-27-23)25(4,5)6;15-7-17-9-1-3-13-11(5-9)12-6-10(18-8-16)2-4-14-12;2*2-1-3;/h8-17H,1-7H3;1-8H;2*3H;/q;;;;+2/p-2. The molecule has 4 aromatic heterocycles. The number of thiocyanates is 2. The first kappa shape index (κ1) is 46.4. The molecule has 0 aliphatic carbocycles. The fourth-order valence-corrected chi connectivity index (χ4v) is 4.49. The van der Waals surface area contributed by atoms with Crippen LogP contribution in [0.4, 0.5) is 17.3 Å². The van der Waals surface area contributed by atoms with Gasteiger partial charge in [-0.1, -0.05) is 52.3 Å². The van der Waals surface area contributed by atoms with Gasteiger partial charge in [0, 0.05) is 42.6 Å². The first-order chi connectivity index (χ1) is 25.3. The summed E-state index contributed by atoms with van der Waals surface area (Å²) in [5.74, 6) is 3.24. The Hall–Kier alpha value is -5.60. The minimum Gasteiger partial charge on any atom is -0.696 e. The SMILES string of the molecule is COc1ccc(N(c2cc(C(C)(C)C)ccn2)c2cc(C(C)(C)C)ccn2)cc1.N#C[S-].N#C[S-].O=COc1ccnc(-c2cc(OC=O)ccn2)c1.[Ru+2]. The topological polar surface area (TPSA) is 164 Å². The van der Waals surface area contributed by atoms with Gasteiger partial charge in [-0.3, -0.25) is 24.5 Å². The number of hydrogen-bond acceptors (Lipinski definition) is 14. The van der Waals surface area contributed by atoms with E-state index in [1.54, 1.807) is 31.4 Å². The fourth-order valence-electron chi connectivity index (χ4n) is 4.49. The zero-order chi connectivity index (χ0) is 39.4. The van der Waals surface area contributed by atoms with Crippen LogP contribution < -0.4 is 19.1 Å². The van der Waals surface area contributed by atoms with Gasteiger partial charge in [0.05, 0.1) is 18.5 Å². The van der Waals surface area contributed by atoms with Crippen molar-refractivity contribution in [3.05, 3.63) is 109 Å². The molecule has 1 aromatic carbocycles. The summed E-state index contributed by atoms with van der Waals surface area (Å²) in [4.78, 5) is 40.2. The van der Waals surface area contributed by atoms with Crippen molar-refractivity contribution in [1.82, 2.24) is 19.9 Å². The predicted molar refractivity (Wildman–Crippen MR) is 207 cm³/mol. The van der Waals surface area contributed by atoms with Gasteiger partial charge in [-0.15, -0.1) is 0 Å². The number of rotatable bonds is 9. The third-order valence-corrected chi connectivity index (χ3v) is 7.11. The van der Waals surface area contributed by atoms with Gasteiger partial charge in [-0.2, -0.15) is 0 Å². The van der Waals surface area contributed by atoms with E-state index < -0.39 is 0 Å². The second-order valence-corrected chi connectivity index (χ2v) is 13.1. The van der Waals surface area contributed by atoms with E-state index in [9.17, 15) is 9.59 Å². The Morgan fingerprint density at radius 2 is 0.981 bits per heavy atom. The Bertz CT molecular complexity index is 1890. The number of carbonyl (C=O) groups excluding carboxylic acids is 2. The Kier molecular flexibility index (Phi) is 19.9. The van der Waals surface area contributed by atoms with Crippen LogP contribution in [0.15, 0.2) is 97.6 Å². The second-order valence-electron chi connectivity index (χ2n) is 12.7. The number of aromatic nitrogens is 4. The first-order valence-corrected chi connectivity index (χ1v) is 16.6. The number of nitrogens with zero attached hydrogens (tertiary/aromatic N) is 7. The van der Waals surface area contributed by atoms with E-state index in [0.29, 0.717) is 35.8 Å². The third kappa shape index (κ3) is 14.8. The molecule has 0 saturated heterocycles. The van der Waals surface area contributed by atoms with Gasteiger partial charge in [0.25, 0.3) is 12.9 Å². The van der Waals surface area contributed by atoms with E-state index in [1.807, 2.05) is 36.7 Å². The van der Waals surface area contributed by atoms with Crippen LogP contribution >= 0.6 is 0 Å². The van der Waals surface area contributed by atoms with Crippen LogP contribution in [0.3, 0.4) is 0 Å². The van der Waals surface area contributed by atoms with E-state index in [-0.39, 0.29) is 30.3 Å². The van der Waals surface area contributed by atoms with Crippen molar-refractivity contribution in [2.45, 2.75) is 52.4 Å². The van der Waals surface area contributed by atoms with Crippen LogP contribution in [0.25, 0.3) is 11.4 Å². The summed E-state index contributed by atoms with van der Waals surface area (Å²) < 4.78 is 14.8. The summed E-state index contributed by atoms with van der Waals surface area (Å²) in [6.07, 6.45) is 6.73. The maximum absolute atomic E-state index is 10.2. The molecule has 5 rings (SSSR count). The van der Waals surface area contributed by atoms with Gasteiger partial charge in [-0.05, 0) is 82.6 Å². The maximum atomic E-state index is 10.2. The molecule has 0 amide bonds. The summed E-state index contributed by atoms with van der Waals surface area (Å²) in [7, 11) is 1.68. The predicted octanol–water partition coefficient (Wildman–Crippen LogP) is 7.79. The van der Waals surface area contributed by atoms with E-state index in [0.717, 1.165) is 23.1 Å². The molecule has 0 aliphatic rings. The van der Waals surface area contributed by atoms with Crippen molar-refractivity contribution >= 4 is 55.5 Å². The zero-order valence-electron chi connectivity index (χ0n) is 30.7. The second kappa shape index (κ2) is 23.1. The molecule has 0 atom stereocenters. The molecular formula is C39H39N7O5RuS2. The van der Waals surface area contributed by atoms with Crippen LogP contribution in [0.2, 0.25) is 0 Å². The van der Waals surface area contributed by atoms with Crippen molar-refractivity contribution in [1.29, 1.82) is 10.5 Å². The monoisotopic (exact) mass is 851 g/mol. The van der Waals surface area contributed by atoms with E-state index in [2.05, 4.69) is 106 Å². The van der Waals surface area contributed by atoms with Gasteiger partial charge < -0.3 is 39.5 Å². The molecule has 0 aliphatic heterocycles. The largest absolute Gasteiger partial charge is 2.00 e. The molecule has 4 heterocycles. The average Bonchev–Trinajstić information content (AvgIpc) is 3.13. The van der Waals surface area contributed by atoms with Crippen LogP contribution in [0, 0.1) is 21.3 Å². The van der Waals surface area contributed by atoms with Gasteiger partial charge in [0.1, 0.15) is 28.9 Å². The van der Waals surface area contributed by atoms with E-state index in [4.69, 9.17) is 34.7 Å². The number of hydrogen-bond donors (Lipinski definition) is 0. The fraction of sp³-hybridized carbons (Fsp3) is 0.231. The van der Waals surface area contributed by atoms with Crippen LogP contribution in [-0.2, 0) is 65.2 Å². The van der Waals surface area contributed by atoms with Crippen LogP contribution in [-0.4, -0.2) is 40.0 Å². The van der Waals surface area contributed by atoms with Crippen LogP contribution in [0.1, 0.15) is 52.7 Å².